The van der Waals surface area contributed by atoms with Gasteiger partial charge in [0.2, 0.25) is 0 Å². The van der Waals surface area contributed by atoms with Crippen LogP contribution in [-0.4, -0.2) is 26.2 Å². The monoisotopic (exact) mass is 267 g/mol. The number of aromatic nitrogens is 4. The van der Waals surface area contributed by atoms with E-state index in [4.69, 9.17) is 0 Å². The zero-order valence-corrected chi connectivity index (χ0v) is 11.3. The Bertz CT molecular complexity index is 660. The Kier molecular flexibility index (Phi) is 2.06. The van der Waals surface area contributed by atoms with Gasteiger partial charge in [0.15, 0.2) is 0 Å². The second kappa shape index (κ2) is 3.81. The molecule has 0 radical (unpaired) electrons. The summed E-state index contributed by atoms with van der Waals surface area (Å²) in [6.07, 6.45) is 9.83. The molecule has 5 heteroatoms. The van der Waals surface area contributed by atoms with Gasteiger partial charge in [0.25, 0.3) is 0 Å². The van der Waals surface area contributed by atoms with Gasteiger partial charge in [0.05, 0.1) is 12.2 Å². The first-order chi connectivity index (χ1) is 9.90. The van der Waals surface area contributed by atoms with Crippen molar-refractivity contribution in [1.29, 1.82) is 0 Å². The van der Waals surface area contributed by atoms with Crippen LogP contribution < -0.4 is 4.90 Å². The highest BCUT2D eigenvalue weighted by Crippen LogP contribution is 2.46. The van der Waals surface area contributed by atoms with E-state index in [0.29, 0.717) is 18.0 Å². The van der Waals surface area contributed by atoms with Crippen LogP contribution in [0.4, 0.5) is 5.82 Å². The molecule has 1 saturated heterocycles. The summed E-state index contributed by atoms with van der Waals surface area (Å²) in [5.74, 6) is 1.80. The molecule has 2 aromatic heterocycles. The third kappa shape index (κ3) is 1.46. The zero-order chi connectivity index (χ0) is 13.1. The van der Waals surface area contributed by atoms with Crippen molar-refractivity contribution in [3.63, 3.8) is 0 Å². The summed E-state index contributed by atoms with van der Waals surface area (Å²) in [5.41, 5.74) is 3.92. The van der Waals surface area contributed by atoms with Gasteiger partial charge in [-0.2, -0.15) is 5.10 Å². The van der Waals surface area contributed by atoms with Crippen LogP contribution >= 0.6 is 0 Å². The average Bonchev–Trinajstić information content (AvgIpc) is 3.15. The fourth-order valence-corrected chi connectivity index (χ4v) is 3.85. The number of nitrogens with one attached hydrogen (secondary N) is 1. The summed E-state index contributed by atoms with van der Waals surface area (Å²) in [6, 6.07) is 3.23. The summed E-state index contributed by atoms with van der Waals surface area (Å²) in [5, 5.41) is 7.38. The first-order valence-electron chi connectivity index (χ1n) is 7.52. The Morgan fingerprint density at radius 2 is 2.10 bits per heavy atom. The molecule has 1 saturated carbocycles. The van der Waals surface area contributed by atoms with Crippen molar-refractivity contribution in [2.24, 2.45) is 0 Å². The van der Waals surface area contributed by atoms with Crippen LogP contribution in [0, 0.1) is 0 Å². The van der Waals surface area contributed by atoms with Crippen molar-refractivity contribution in [2.45, 2.75) is 50.1 Å². The van der Waals surface area contributed by atoms with Gasteiger partial charge in [-0.15, -0.1) is 0 Å². The molecular formula is C15H17N5. The molecule has 5 nitrogen and oxygen atoms in total. The van der Waals surface area contributed by atoms with Gasteiger partial charge in [-0.25, -0.2) is 9.97 Å². The number of nitrogens with zero attached hydrogens (tertiary/aromatic N) is 4. The Hall–Kier alpha value is -1.91. The predicted octanol–water partition coefficient (Wildman–Crippen LogP) is 2.34. The highest BCUT2D eigenvalue weighted by atomic mass is 15.3. The summed E-state index contributed by atoms with van der Waals surface area (Å²) in [4.78, 5) is 11.5. The molecule has 2 fully saturated rings. The summed E-state index contributed by atoms with van der Waals surface area (Å²) in [6.45, 7) is 0. The number of fused-ring (bicyclic) bond motifs is 4. The molecule has 0 aromatic carbocycles. The van der Waals surface area contributed by atoms with Crippen molar-refractivity contribution in [3.05, 3.63) is 35.5 Å². The quantitative estimate of drug-likeness (QED) is 0.907. The summed E-state index contributed by atoms with van der Waals surface area (Å²) in [7, 11) is 0. The van der Waals surface area contributed by atoms with E-state index in [1.807, 2.05) is 6.20 Å². The van der Waals surface area contributed by atoms with Crippen LogP contribution in [0.3, 0.4) is 0 Å². The second-order valence-electron chi connectivity index (χ2n) is 6.24. The van der Waals surface area contributed by atoms with E-state index in [1.54, 1.807) is 6.33 Å². The molecule has 102 valence electrons. The van der Waals surface area contributed by atoms with Gasteiger partial charge in [-0.1, -0.05) is 0 Å². The number of hydrogen-bond acceptors (Lipinski definition) is 4. The first-order valence-corrected chi connectivity index (χ1v) is 7.52. The molecule has 0 amide bonds. The summed E-state index contributed by atoms with van der Waals surface area (Å²) >= 11 is 0. The van der Waals surface area contributed by atoms with Crippen LogP contribution in [0.5, 0.6) is 0 Å². The Balaban J connectivity index is 1.57. The maximum absolute atomic E-state index is 4.56. The van der Waals surface area contributed by atoms with Crippen molar-refractivity contribution in [2.75, 3.05) is 4.90 Å². The van der Waals surface area contributed by atoms with Gasteiger partial charge in [-0.05, 0) is 25.7 Å². The molecule has 4 heterocycles. The van der Waals surface area contributed by atoms with Crippen LogP contribution in [0.15, 0.2) is 18.6 Å². The lowest BCUT2D eigenvalue weighted by molar-refractivity contribution is 0.585. The minimum absolute atomic E-state index is 0.449. The molecule has 3 aliphatic rings. The zero-order valence-electron chi connectivity index (χ0n) is 11.3. The molecule has 20 heavy (non-hydrogen) atoms. The van der Waals surface area contributed by atoms with E-state index in [9.17, 15) is 0 Å². The fraction of sp³-hybridized carbons (Fsp3) is 0.533. The molecule has 2 bridgehead atoms. The third-order valence-corrected chi connectivity index (χ3v) is 4.99. The SMILES string of the molecule is c1nc(C2CC2)cc(N2C3CCC2c2cn[nH]c2C3)n1. The number of H-pyrrole nitrogens is 1. The molecule has 2 atom stereocenters. The minimum atomic E-state index is 0.449. The number of aromatic amines is 1. The van der Waals surface area contributed by atoms with E-state index >= 15 is 0 Å². The fourth-order valence-electron chi connectivity index (χ4n) is 3.85. The van der Waals surface area contributed by atoms with Gasteiger partial charge >= 0.3 is 0 Å². The van der Waals surface area contributed by atoms with E-state index < -0.39 is 0 Å². The minimum Gasteiger partial charge on any atom is -0.346 e. The van der Waals surface area contributed by atoms with Crippen LogP contribution in [0.25, 0.3) is 0 Å². The lowest BCUT2D eigenvalue weighted by Gasteiger charge is -2.35. The Morgan fingerprint density at radius 1 is 1.15 bits per heavy atom. The van der Waals surface area contributed by atoms with Crippen LogP contribution in [0.1, 0.15) is 54.6 Å². The first kappa shape index (κ1) is 10.8. The normalized spacial score (nSPS) is 27.7. The van der Waals surface area contributed by atoms with Crippen molar-refractivity contribution in [1.82, 2.24) is 20.2 Å². The third-order valence-electron chi connectivity index (χ3n) is 4.99. The van der Waals surface area contributed by atoms with Crippen molar-refractivity contribution >= 4 is 5.82 Å². The molecule has 2 aliphatic heterocycles. The lowest BCUT2D eigenvalue weighted by Crippen LogP contribution is -2.37. The van der Waals surface area contributed by atoms with Gasteiger partial charge < -0.3 is 4.90 Å². The van der Waals surface area contributed by atoms with Gasteiger partial charge in [-0.3, -0.25) is 5.10 Å². The van der Waals surface area contributed by atoms with Crippen LogP contribution in [-0.2, 0) is 6.42 Å². The summed E-state index contributed by atoms with van der Waals surface area (Å²) < 4.78 is 0. The van der Waals surface area contributed by atoms with Crippen LogP contribution in [0.2, 0.25) is 0 Å². The lowest BCUT2D eigenvalue weighted by atomic mass is 10.0. The number of rotatable bonds is 2. The van der Waals surface area contributed by atoms with Crippen molar-refractivity contribution < 1.29 is 0 Å². The second-order valence-corrected chi connectivity index (χ2v) is 6.24. The van der Waals surface area contributed by atoms with Gasteiger partial charge in [0.1, 0.15) is 12.1 Å². The Morgan fingerprint density at radius 3 is 3.00 bits per heavy atom. The standard InChI is InChI=1S/C15H17N5/c1-2-9(1)12-6-15(17-8-16-12)20-10-3-4-14(20)11-7-18-19-13(11)5-10/h6-10,14H,1-5H2,(H,18,19). The van der Waals surface area contributed by atoms with E-state index in [1.165, 1.54) is 42.6 Å². The molecular weight excluding hydrogens is 250 g/mol. The number of hydrogen-bond donors (Lipinski definition) is 1. The van der Waals surface area contributed by atoms with E-state index in [0.717, 1.165) is 12.2 Å². The predicted molar refractivity (Wildman–Crippen MR) is 74.5 cm³/mol. The smallest absolute Gasteiger partial charge is 0.132 e. The Labute approximate surface area is 117 Å². The number of anilines is 1. The highest BCUT2D eigenvalue weighted by Gasteiger charge is 2.41. The van der Waals surface area contributed by atoms with Gasteiger partial charge in [0, 0.05) is 41.4 Å². The maximum Gasteiger partial charge on any atom is 0.132 e. The van der Waals surface area contributed by atoms with E-state index in [-0.39, 0.29) is 0 Å². The maximum atomic E-state index is 4.56. The topological polar surface area (TPSA) is 57.7 Å². The van der Waals surface area contributed by atoms with E-state index in [2.05, 4.69) is 31.1 Å². The molecule has 1 aliphatic carbocycles. The van der Waals surface area contributed by atoms with Crippen molar-refractivity contribution in [3.8, 4) is 0 Å². The average molecular weight is 267 g/mol. The largest absolute Gasteiger partial charge is 0.346 e. The molecule has 5 rings (SSSR count). The molecule has 1 N–H and O–H groups in total. The molecule has 2 aromatic rings. The molecule has 0 spiro atoms. The molecule has 2 unspecified atom stereocenters. The highest BCUT2D eigenvalue weighted by molar-refractivity contribution is 5.50.